The molecule has 0 bridgehead atoms. The van der Waals surface area contributed by atoms with Gasteiger partial charge in [-0.25, -0.2) is 4.99 Å². The second-order valence-corrected chi connectivity index (χ2v) is 7.74. The molecule has 0 aromatic heterocycles. The fraction of sp³-hybridized carbons (Fsp3) is 0.529. The maximum atomic E-state index is 13.1. The minimum Gasteiger partial charge on any atom is -0.453 e. The van der Waals surface area contributed by atoms with Gasteiger partial charge in [-0.05, 0) is 44.9 Å². The summed E-state index contributed by atoms with van der Waals surface area (Å²) < 4.78 is 6.21. The van der Waals surface area contributed by atoms with Gasteiger partial charge in [0, 0.05) is 5.75 Å². The minimum atomic E-state index is -1.08. The molecule has 2 heterocycles. The van der Waals surface area contributed by atoms with Crippen LogP contribution in [0.15, 0.2) is 23.2 Å². The van der Waals surface area contributed by atoms with E-state index in [0.717, 1.165) is 29.4 Å². The third-order valence-electron chi connectivity index (χ3n) is 4.27. The molecule has 1 aromatic carbocycles. The highest BCUT2D eigenvalue weighted by atomic mass is 32.2. The highest BCUT2D eigenvalue weighted by Crippen LogP contribution is 2.49. The van der Waals surface area contributed by atoms with Crippen molar-refractivity contribution in [3.8, 4) is 11.8 Å². The lowest BCUT2D eigenvalue weighted by Crippen LogP contribution is -2.64. The molecule has 2 aliphatic rings. The third kappa shape index (κ3) is 2.63. The highest BCUT2D eigenvalue weighted by Gasteiger charge is 2.55. The zero-order valence-electron chi connectivity index (χ0n) is 13.6. The second kappa shape index (κ2) is 5.82. The van der Waals surface area contributed by atoms with Gasteiger partial charge in [0.15, 0.2) is 0 Å². The summed E-state index contributed by atoms with van der Waals surface area (Å²) in [5, 5.41) is 22.1. The molecule has 0 amide bonds. The summed E-state index contributed by atoms with van der Waals surface area (Å²) in [6.45, 7) is 5.95. The van der Waals surface area contributed by atoms with Gasteiger partial charge in [-0.15, -0.1) is 5.21 Å². The maximum Gasteiger partial charge on any atom is 0.275 e. The monoisotopic (exact) mass is 330 g/mol. The zero-order valence-corrected chi connectivity index (χ0v) is 14.4. The lowest BCUT2D eigenvalue weighted by Gasteiger charge is -2.50. The molecule has 1 aromatic rings. The molecule has 1 spiro atoms. The fourth-order valence-electron chi connectivity index (χ4n) is 2.90. The van der Waals surface area contributed by atoms with Gasteiger partial charge in [-0.3, -0.25) is 0 Å². The van der Waals surface area contributed by atoms with Crippen molar-refractivity contribution in [2.75, 3.05) is 5.75 Å². The van der Waals surface area contributed by atoms with Crippen LogP contribution >= 0.6 is 11.8 Å². The van der Waals surface area contributed by atoms with Gasteiger partial charge in [0.1, 0.15) is 11.4 Å². The maximum absolute atomic E-state index is 13.1. The van der Waals surface area contributed by atoms with Crippen LogP contribution in [0.3, 0.4) is 0 Å². The molecule has 1 fully saturated rings. The Morgan fingerprint density at radius 1 is 1.48 bits per heavy atom. The lowest BCUT2D eigenvalue weighted by atomic mass is 9.98. The molecular weight excluding hydrogens is 310 g/mol. The van der Waals surface area contributed by atoms with Gasteiger partial charge in [0.25, 0.3) is 5.06 Å². The molecule has 1 atom stereocenters. The van der Waals surface area contributed by atoms with Gasteiger partial charge >= 0.3 is 0 Å². The first-order valence-corrected chi connectivity index (χ1v) is 8.84. The van der Waals surface area contributed by atoms with Crippen molar-refractivity contribution < 1.29 is 9.94 Å². The molecular formula is C17H20N3O2S. The summed E-state index contributed by atoms with van der Waals surface area (Å²) in [6.07, 6.45) is 2.38. The van der Waals surface area contributed by atoms with E-state index in [2.05, 4.69) is 13.0 Å². The van der Waals surface area contributed by atoms with Crippen LogP contribution in [0.2, 0.25) is 0 Å². The molecule has 3 rings (SSSR count). The van der Waals surface area contributed by atoms with Crippen LogP contribution in [0.25, 0.3) is 0 Å². The van der Waals surface area contributed by atoms with Gasteiger partial charge in [-0.1, -0.05) is 30.2 Å². The van der Waals surface area contributed by atoms with E-state index < -0.39 is 10.6 Å². The molecule has 6 heteroatoms. The Morgan fingerprint density at radius 3 is 2.96 bits per heavy atom. The van der Waals surface area contributed by atoms with E-state index in [1.165, 1.54) is 11.8 Å². The Balaban J connectivity index is 2.10. The standard InChI is InChI=1S/C17H20N3O2S/c1-4-5-15-17(20(21)16(2,3)8-9-23-17)22-14-7-6-12(11-18)10-13(14)19-15/h6-7,10H,4-5,8-9H2,1-3H3/t17-/m1/s1. The van der Waals surface area contributed by atoms with Crippen LogP contribution in [-0.4, -0.2) is 27.1 Å². The molecule has 0 aliphatic carbocycles. The normalized spacial score (nSPS) is 26.1. The summed E-state index contributed by atoms with van der Waals surface area (Å²) in [5.74, 6) is 1.41. The van der Waals surface area contributed by atoms with Gasteiger partial charge < -0.3 is 4.74 Å². The van der Waals surface area contributed by atoms with Crippen LogP contribution in [0.5, 0.6) is 5.75 Å². The summed E-state index contributed by atoms with van der Waals surface area (Å²) >= 11 is 1.51. The number of hydroxylamine groups is 2. The number of fused-ring (bicyclic) bond motifs is 1. The number of thioether (sulfide) groups is 1. The van der Waals surface area contributed by atoms with Gasteiger partial charge in [0.05, 0.1) is 22.9 Å². The van der Waals surface area contributed by atoms with Crippen molar-refractivity contribution in [1.82, 2.24) is 5.06 Å². The summed E-state index contributed by atoms with van der Waals surface area (Å²) in [6, 6.07) is 7.26. The largest absolute Gasteiger partial charge is 0.453 e. The molecule has 0 N–H and O–H groups in total. The molecule has 23 heavy (non-hydrogen) atoms. The molecule has 1 saturated heterocycles. The van der Waals surface area contributed by atoms with Crippen molar-refractivity contribution >= 4 is 23.2 Å². The fourth-order valence-corrected chi connectivity index (χ4v) is 4.61. The average molecular weight is 330 g/mol. The van der Waals surface area contributed by atoms with Crippen LogP contribution in [0.4, 0.5) is 5.69 Å². The topological polar surface area (TPSA) is 68.5 Å². The number of benzene rings is 1. The zero-order chi connectivity index (χ0) is 16.7. The van der Waals surface area contributed by atoms with Crippen LogP contribution in [0, 0.1) is 11.3 Å². The Kier molecular flexibility index (Phi) is 4.13. The number of nitriles is 1. The predicted octanol–water partition coefficient (Wildman–Crippen LogP) is 4.04. The average Bonchev–Trinajstić information content (AvgIpc) is 2.53. The van der Waals surface area contributed by atoms with Crippen molar-refractivity contribution in [2.45, 2.75) is 50.6 Å². The number of rotatable bonds is 2. The van der Waals surface area contributed by atoms with Crippen molar-refractivity contribution in [2.24, 2.45) is 4.99 Å². The number of hydrogen-bond donors (Lipinski definition) is 0. The lowest BCUT2D eigenvalue weighted by molar-refractivity contribution is -0.281. The number of aliphatic imine (C=N–C) groups is 1. The van der Waals surface area contributed by atoms with E-state index in [9.17, 15) is 5.21 Å². The van der Waals surface area contributed by atoms with E-state index in [1.807, 2.05) is 13.8 Å². The Bertz CT molecular complexity index is 696. The molecule has 121 valence electrons. The van der Waals surface area contributed by atoms with E-state index in [4.69, 9.17) is 15.0 Å². The Hall–Kier alpha value is -1.55. The number of ether oxygens (including phenoxy) is 1. The first-order chi connectivity index (χ1) is 10.9. The molecule has 0 saturated carbocycles. The van der Waals surface area contributed by atoms with Crippen LogP contribution in [0.1, 0.15) is 45.6 Å². The predicted molar refractivity (Wildman–Crippen MR) is 90.2 cm³/mol. The molecule has 5 nitrogen and oxygen atoms in total. The molecule has 1 radical (unpaired) electrons. The molecule has 2 aliphatic heterocycles. The molecule has 0 unspecified atom stereocenters. The summed E-state index contributed by atoms with van der Waals surface area (Å²) in [5.41, 5.74) is 1.42. The minimum absolute atomic E-state index is 0.496. The smallest absolute Gasteiger partial charge is 0.275 e. The quantitative estimate of drug-likeness (QED) is 0.820. The van der Waals surface area contributed by atoms with Gasteiger partial charge in [0.2, 0.25) is 0 Å². The van der Waals surface area contributed by atoms with Crippen molar-refractivity contribution in [1.29, 1.82) is 5.26 Å². The first-order valence-electron chi connectivity index (χ1n) is 7.85. The summed E-state index contributed by atoms with van der Waals surface area (Å²) in [7, 11) is 0. The Labute approximate surface area is 140 Å². The van der Waals surface area contributed by atoms with Gasteiger partial charge in [-0.2, -0.15) is 5.26 Å². The number of nitrogens with zero attached hydrogens (tertiary/aromatic N) is 3. The Morgan fingerprint density at radius 2 is 2.26 bits per heavy atom. The van der Waals surface area contributed by atoms with E-state index in [-0.39, 0.29) is 0 Å². The van der Waals surface area contributed by atoms with E-state index >= 15 is 0 Å². The first kappa shape index (κ1) is 16.3. The van der Waals surface area contributed by atoms with Crippen molar-refractivity contribution in [3.05, 3.63) is 23.8 Å². The third-order valence-corrected chi connectivity index (χ3v) is 5.56. The highest BCUT2D eigenvalue weighted by molar-refractivity contribution is 8.01. The van der Waals surface area contributed by atoms with Crippen LogP contribution in [-0.2, 0) is 5.21 Å². The number of hydrogen-bond acceptors (Lipinski definition) is 5. The van der Waals surface area contributed by atoms with Crippen molar-refractivity contribution in [3.63, 3.8) is 0 Å². The summed E-state index contributed by atoms with van der Waals surface area (Å²) in [4.78, 5) is 4.71. The SMILES string of the molecule is CCCC1=Nc2cc(C#N)ccc2O[C@@]12SCCC(C)(C)N2[O]. The van der Waals surface area contributed by atoms with E-state index in [1.54, 1.807) is 18.2 Å². The van der Waals surface area contributed by atoms with E-state index in [0.29, 0.717) is 23.4 Å². The van der Waals surface area contributed by atoms with Crippen LogP contribution < -0.4 is 4.74 Å². The second-order valence-electron chi connectivity index (χ2n) is 6.49.